The van der Waals surface area contributed by atoms with Gasteiger partial charge in [-0.05, 0) is 18.8 Å². The van der Waals surface area contributed by atoms with Gasteiger partial charge in [0, 0.05) is 18.5 Å². The van der Waals surface area contributed by atoms with Gasteiger partial charge in [0.1, 0.15) is 6.23 Å². The van der Waals surface area contributed by atoms with Gasteiger partial charge in [-0.2, -0.15) is 8.42 Å². The van der Waals surface area contributed by atoms with Crippen LogP contribution < -0.4 is 0 Å². The van der Waals surface area contributed by atoms with Crippen molar-refractivity contribution in [2.75, 3.05) is 19.8 Å². The lowest BCUT2D eigenvalue weighted by molar-refractivity contribution is -0.113. The number of hydrogen-bond acceptors (Lipinski definition) is 7. The zero-order valence-corrected chi connectivity index (χ0v) is 14.2. The third-order valence-corrected chi connectivity index (χ3v) is 4.69. The van der Waals surface area contributed by atoms with Crippen molar-refractivity contribution in [2.45, 2.75) is 57.2 Å². The largest absolute Gasteiger partial charge is 0.395 e. The monoisotopic (exact) mass is 343 g/mol. The predicted molar refractivity (Wildman–Crippen MR) is 81.5 cm³/mol. The second-order valence-corrected chi connectivity index (χ2v) is 7.51. The van der Waals surface area contributed by atoms with Gasteiger partial charge in [0.05, 0.1) is 13.2 Å². The lowest BCUT2D eigenvalue weighted by Crippen LogP contribution is -2.58. The van der Waals surface area contributed by atoms with Crippen molar-refractivity contribution in [3.05, 3.63) is 0 Å². The Balaban J connectivity index is 5.38. The summed E-state index contributed by atoms with van der Waals surface area (Å²) in [5.41, 5.74) is -2.98. The molecule has 9 heteroatoms. The average Bonchev–Trinajstić information content (AvgIpc) is 2.41. The molecule has 0 bridgehead atoms. The van der Waals surface area contributed by atoms with Crippen LogP contribution in [0, 0.1) is 5.92 Å². The van der Waals surface area contributed by atoms with Crippen LogP contribution in [-0.4, -0.2) is 75.3 Å². The van der Waals surface area contributed by atoms with Crippen LogP contribution in [0.1, 0.15) is 40.0 Å². The fourth-order valence-corrected chi connectivity index (χ4v) is 3.15. The van der Waals surface area contributed by atoms with Crippen LogP contribution in [0.3, 0.4) is 0 Å². The molecule has 134 valence electrons. The van der Waals surface area contributed by atoms with Crippen LogP contribution in [0.2, 0.25) is 0 Å². The Morgan fingerprint density at radius 1 is 1.18 bits per heavy atom. The van der Waals surface area contributed by atoms with Crippen LogP contribution in [0.25, 0.3) is 0 Å². The highest BCUT2D eigenvalue weighted by atomic mass is 32.2. The molecule has 0 aliphatic carbocycles. The van der Waals surface area contributed by atoms with Gasteiger partial charge in [0.15, 0.2) is 5.44 Å². The number of rotatable bonds is 11. The van der Waals surface area contributed by atoms with Crippen molar-refractivity contribution < 1.29 is 33.4 Å². The van der Waals surface area contributed by atoms with E-state index >= 15 is 0 Å². The molecule has 0 aliphatic rings. The van der Waals surface area contributed by atoms with Crippen molar-refractivity contribution in [3.63, 3.8) is 0 Å². The van der Waals surface area contributed by atoms with Crippen LogP contribution in [0.15, 0.2) is 0 Å². The van der Waals surface area contributed by atoms with Gasteiger partial charge in [-0.15, -0.1) is 0 Å². The lowest BCUT2D eigenvalue weighted by Gasteiger charge is -2.46. The fraction of sp³-hybridized carbons (Fsp3) is 1.00. The highest BCUT2D eigenvalue weighted by molar-refractivity contribution is 7.86. The number of aliphatic hydroxyl groups excluding tert-OH is 4. The van der Waals surface area contributed by atoms with E-state index < -0.39 is 33.7 Å². The molecule has 0 heterocycles. The van der Waals surface area contributed by atoms with Gasteiger partial charge in [0.25, 0.3) is 10.1 Å². The van der Waals surface area contributed by atoms with E-state index in [0.29, 0.717) is 12.8 Å². The lowest BCUT2D eigenvalue weighted by atomic mass is 9.84. The quantitative estimate of drug-likeness (QED) is 0.247. The highest BCUT2D eigenvalue weighted by Gasteiger charge is 2.40. The number of hydrogen-bond donors (Lipinski definition) is 5. The molecular weight excluding hydrogens is 314 g/mol. The number of nitrogens with zero attached hydrogens (tertiary/aromatic N) is 1. The summed E-state index contributed by atoms with van der Waals surface area (Å²) in [5, 5.41) is 38.7. The summed E-state index contributed by atoms with van der Waals surface area (Å²) < 4.78 is 30.6. The molecule has 0 spiro atoms. The van der Waals surface area contributed by atoms with E-state index in [1.807, 2.05) is 20.8 Å². The third-order valence-electron chi connectivity index (χ3n) is 3.81. The Morgan fingerprint density at radius 3 is 2.05 bits per heavy atom. The van der Waals surface area contributed by atoms with E-state index in [-0.39, 0.29) is 25.7 Å². The summed E-state index contributed by atoms with van der Waals surface area (Å²) in [5.74, 6) is 0.187. The van der Waals surface area contributed by atoms with Gasteiger partial charge in [0.2, 0.25) is 0 Å². The third kappa shape index (κ3) is 6.07. The van der Waals surface area contributed by atoms with E-state index in [1.165, 1.54) is 4.90 Å². The molecule has 0 rings (SSSR count). The molecular formula is C13H29NO7S. The first-order valence-corrected chi connectivity index (χ1v) is 8.85. The zero-order chi connectivity index (χ0) is 17.6. The SMILES string of the molecule is CCC(CO)(CC(C)C)N(CCO)C(O)CC(O)S(=O)(=O)O. The Morgan fingerprint density at radius 2 is 1.73 bits per heavy atom. The Hall–Kier alpha value is -0.290. The topological polar surface area (TPSA) is 139 Å². The van der Waals surface area contributed by atoms with E-state index in [2.05, 4.69) is 0 Å². The molecule has 3 atom stereocenters. The molecule has 0 fully saturated rings. The van der Waals surface area contributed by atoms with Crippen molar-refractivity contribution >= 4 is 10.1 Å². The van der Waals surface area contributed by atoms with Crippen molar-refractivity contribution in [2.24, 2.45) is 5.92 Å². The predicted octanol–water partition coefficient (Wildman–Crippen LogP) is -0.617. The number of aliphatic hydroxyl groups is 4. The summed E-state index contributed by atoms with van der Waals surface area (Å²) in [7, 11) is -4.68. The van der Waals surface area contributed by atoms with E-state index in [0.717, 1.165) is 0 Å². The minimum atomic E-state index is -4.68. The van der Waals surface area contributed by atoms with Crippen LogP contribution in [0.5, 0.6) is 0 Å². The normalized spacial score (nSPS) is 18.5. The summed E-state index contributed by atoms with van der Waals surface area (Å²) in [6.45, 7) is 5.10. The van der Waals surface area contributed by atoms with Crippen LogP contribution in [-0.2, 0) is 10.1 Å². The van der Waals surface area contributed by atoms with Gasteiger partial charge in [-0.25, -0.2) is 0 Å². The molecule has 3 unspecified atom stereocenters. The minimum absolute atomic E-state index is 0.000479. The molecule has 0 saturated carbocycles. The molecule has 0 aliphatic heterocycles. The minimum Gasteiger partial charge on any atom is -0.395 e. The maximum atomic E-state index is 10.9. The summed E-state index contributed by atoms with van der Waals surface area (Å²) in [6.07, 6.45) is -1.10. The molecule has 0 amide bonds. The highest BCUT2D eigenvalue weighted by Crippen LogP contribution is 2.30. The van der Waals surface area contributed by atoms with E-state index in [1.54, 1.807) is 0 Å². The molecule has 5 N–H and O–H groups in total. The summed E-state index contributed by atoms with van der Waals surface area (Å²) >= 11 is 0. The summed E-state index contributed by atoms with van der Waals surface area (Å²) in [4.78, 5) is 1.39. The maximum Gasteiger partial charge on any atom is 0.292 e. The van der Waals surface area contributed by atoms with Gasteiger partial charge in [-0.3, -0.25) is 9.45 Å². The zero-order valence-electron chi connectivity index (χ0n) is 13.4. The van der Waals surface area contributed by atoms with Gasteiger partial charge < -0.3 is 20.4 Å². The van der Waals surface area contributed by atoms with Crippen molar-refractivity contribution in [3.8, 4) is 0 Å². The van der Waals surface area contributed by atoms with Crippen molar-refractivity contribution in [1.29, 1.82) is 0 Å². The number of β-amino-alcohol motifs (C(OH)–C–C–N with tert-alkyl or cyclic N) is 1. The fourth-order valence-electron chi connectivity index (χ4n) is 2.73. The van der Waals surface area contributed by atoms with E-state index in [9.17, 15) is 28.8 Å². The Kier molecular flexibility index (Phi) is 8.99. The summed E-state index contributed by atoms with van der Waals surface area (Å²) in [6, 6.07) is 0. The molecule has 0 saturated heterocycles. The molecule has 0 radical (unpaired) electrons. The van der Waals surface area contributed by atoms with Crippen LogP contribution in [0.4, 0.5) is 0 Å². The average molecular weight is 343 g/mol. The first kappa shape index (κ1) is 21.7. The Labute approximate surface area is 132 Å². The molecule has 22 heavy (non-hydrogen) atoms. The molecule has 0 aromatic carbocycles. The van der Waals surface area contributed by atoms with Crippen LogP contribution >= 0.6 is 0 Å². The van der Waals surface area contributed by atoms with Crippen molar-refractivity contribution in [1.82, 2.24) is 4.90 Å². The first-order valence-electron chi connectivity index (χ1n) is 7.35. The van der Waals surface area contributed by atoms with E-state index in [4.69, 9.17) is 4.55 Å². The Bertz CT molecular complexity index is 409. The molecule has 8 nitrogen and oxygen atoms in total. The van der Waals surface area contributed by atoms with Gasteiger partial charge in [-0.1, -0.05) is 20.8 Å². The first-order chi connectivity index (χ1) is 10.0. The van der Waals surface area contributed by atoms with Gasteiger partial charge >= 0.3 is 0 Å². The smallest absolute Gasteiger partial charge is 0.292 e. The molecule has 0 aromatic heterocycles. The standard InChI is InChI=1S/C13H29NO7S/c1-4-13(9-16,8-10(2)3)14(5-6-15)11(17)7-12(18)22(19,20)21/h10-12,15-18H,4-9H2,1-3H3,(H,19,20,21). The molecule has 0 aromatic rings. The second kappa shape index (κ2) is 9.11. The maximum absolute atomic E-state index is 10.9. The second-order valence-electron chi connectivity index (χ2n) is 5.94.